The molecule has 12 nitrogen and oxygen atoms in total. The minimum Gasteiger partial charge on any atom is -0.480 e. The second-order valence-electron chi connectivity index (χ2n) is 7.39. The molecule has 0 aliphatic carbocycles. The summed E-state index contributed by atoms with van der Waals surface area (Å²) < 4.78 is 0. The smallest absolute Gasteiger partial charge is 0.317 e. The summed E-state index contributed by atoms with van der Waals surface area (Å²) in [6.07, 6.45) is 0.348. The number of nitrogens with zero attached hydrogens (tertiary/aromatic N) is 4. The minimum atomic E-state index is -1.00. The Balaban J connectivity index is 2.99. The second kappa shape index (κ2) is 14.2. The van der Waals surface area contributed by atoms with Gasteiger partial charge in [0.05, 0.1) is 26.2 Å². The average molecular weight is 434 g/mol. The number of aliphatic hydroxyl groups is 2. The highest BCUT2D eigenvalue weighted by atomic mass is 16.4. The van der Waals surface area contributed by atoms with Gasteiger partial charge in [0.25, 0.3) is 0 Å². The van der Waals surface area contributed by atoms with Crippen molar-refractivity contribution < 1.29 is 39.9 Å². The van der Waals surface area contributed by atoms with Crippen LogP contribution in [0.25, 0.3) is 0 Å². The van der Waals surface area contributed by atoms with Crippen molar-refractivity contribution in [3.05, 3.63) is 0 Å². The number of hydrogen-bond acceptors (Lipinski definition) is 9. The molecule has 0 aromatic rings. The first kappa shape index (κ1) is 26.2. The number of carboxylic acids is 3. The molecule has 30 heavy (non-hydrogen) atoms. The summed E-state index contributed by atoms with van der Waals surface area (Å²) >= 11 is 0. The molecule has 1 saturated heterocycles. The van der Waals surface area contributed by atoms with E-state index in [1.54, 1.807) is 14.7 Å². The fraction of sp³-hybridized carbons (Fsp3) is 0.833. The van der Waals surface area contributed by atoms with Crippen molar-refractivity contribution in [2.45, 2.75) is 12.5 Å². The Hall–Kier alpha value is -1.83. The van der Waals surface area contributed by atoms with E-state index in [2.05, 4.69) is 0 Å². The van der Waals surface area contributed by atoms with E-state index in [1.807, 2.05) is 4.90 Å². The number of carbonyl (C=O) groups is 3. The van der Waals surface area contributed by atoms with Crippen LogP contribution >= 0.6 is 0 Å². The molecule has 0 unspecified atom stereocenters. The molecular weight excluding hydrogens is 400 g/mol. The molecular formula is C18H34N4O8. The van der Waals surface area contributed by atoms with Gasteiger partial charge in [-0.3, -0.25) is 34.0 Å². The maximum absolute atomic E-state index is 11.2. The van der Waals surface area contributed by atoms with Crippen LogP contribution in [0.2, 0.25) is 0 Å². The van der Waals surface area contributed by atoms with Crippen molar-refractivity contribution in [1.29, 1.82) is 0 Å². The Morgan fingerprint density at radius 1 is 0.633 bits per heavy atom. The molecule has 0 spiro atoms. The molecule has 0 radical (unpaired) electrons. The lowest BCUT2D eigenvalue weighted by Gasteiger charge is -2.36. The van der Waals surface area contributed by atoms with Gasteiger partial charge in [0.15, 0.2) is 0 Å². The van der Waals surface area contributed by atoms with Crippen molar-refractivity contribution in [2.75, 3.05) is 85.2 Å². The number of rotatable bonds is 10. The highest BCUT2D eigenvalue weighted by Gasteiger charge is 2.23. The Kier molecular flexibility index (Phi) is 12.4. The molecule has 1 heterocycles. The van der Waals surface area contributed by atoms with Crippen LogP contribution in [0.1, 0.15) is 6.42 Å². The Labute approximate surface area is 175 Å². The van der Waals surface area contributed by atoms with Gasteiger partial charge in [-0.1, -0.05) is 0 Å². The Morgan fingerprint density at radius 2 is 0.967 bits per heavy atom. The molecule has 0 aromatic heterocycles. The fourth-order valence-electron chi connectivity index (χ4n) is 3.50. The number of aliphatic hydroxyl groups excluding tert-OH is 2. The SMILES string of the molecule is O=C(O)CN1CCN(CC(=O)O)CCN([C@H](CO)CCO)CCN(CC(=O)O)CC1. The van der Waals surface area contributed by atoms with E-state index < -0.39 is 17.9 Å². The van der Waals surface area contributed by atoms with E-state index in [4.69, 9.17) is 5.11 Å². The lowest BCUT2D eigenvalue weighted by atomic mass is 10.2. The summed E-state index contributed by atoms with van der Waals surface area (Å²) in [5, 5.41) is 46.5. The summed E-state index contributed by atoms with van der Waals surface area (Å²) in [4.78, 5) is 40.7. The highest BCUT2D eigenvalue weighted by Crippen LogP contribution is 2.07. The van der Waals surface area contributed by atoms with Crippen molar-refractivity contribution >= 4 is 17.9 Å². The van der Waals surface area contributed by atoms with Crippen molar-refractivity contribution in [1.82, 2.24) is 19.6 Å². The largest absolute Gasteiger partial charge is 0.480 e. The van der Waals surface area contributed by atoms with Gasteiger partial charge in [0.1, 0.15) is 0 Å². The van der Waals surface area contributed by atoms with Crippen LogP contribution in [0.5, 0.6) is 0 Å². The van der Waals surface area contributed by atoms with Gasteiger partial charge < -0.3 is 25.5 Å². The summed E-state index contributed by atoms with van der Waals surface area (Å²) in [6.45, 7) is 2.10. The summed E-state index contributed by atoms with van der Waals surface area (Å²) in [5.74, 6) is -2.97. The lowest BCUT2D eigenvalue weighted by Crippen LogP contribution is -2.51. The normalized spacial score (nSPS) is 20.2. The summed E-state index contributed by atoms with van der Waals surface area (Å²) in [7, 11) is 0. The third kappa shape index (κ3) is 10.8. The zero-order chi connectivity index (χ0) is 22.5. The molecule has 0 aromatic carbocycles. The minimum absolute atomic E-state index is 0.108. The first-order valence-corrected chi connectivity index (χ1v) is 10.0. The van der Waals surface area contributed by atoms with Gasteiger partial charge >= 0.3 is 17.9 Å². The second-order valence-corrected chi connectivity index (χ2v) is 7.39. The van der Waals surface area contributed by atoms with E-state index in [0.717, 1.165) is 0 Å². The van der Waals surface area contributed by atoms with Gasteiger partial charge in [-0.2, -0.15) is 0 Å². The van der Waals surface area contributed by atoms with Crippen LogP contribution in [0.3, 0.4) is 0 Å². The standard InChI is InChI=1S/C18H34N4O8/c23-10-1-15(14-24)22-8-6-20(12-17(27)28)4-2-19(11-16(25)26)3-5-21(7-9-22)13-18(29)30/h15,23-24H,1-14H2,(H,25,26)(H,27,28)(H,29,30)/t15-/m0/s1. The summed E-state index contributed by atoms with van der Waals surface area (Å²) in [6, 6.07) is -0.320. The van der Waals surface area contributed by atoms with Gasteiger partial charge in [-0.15, -0.1) is 0 Å². The topological polar surface area (TPSA) is 165 Å². The average Bonchev–Trinajstić information content (AvgIpc) is 2.65. The maximum atomic E-state index is 11.2. The quantitative estimate of drug-likeness (QED) is 0.240. The van der Waals surface area contributed by atoms with Crippen molar-refractivity contribution in [2.24, 2.45) is 0 Å². The molecule has 12 heteroatoms. The van der Waals surface area contributed by atoms with Crippen molar-refractivity contribution in [3.8, 4) is 0 Å². The molecule has 0 amide bonds. The Morgan fingerprint density at radius 3 is 1.23 bits per heavy atom. The number of hydrogen-bond donors (Lipinski definition) is 5. The zero-order valence-corrected chi connectivity index (χ0v) is 17.2. The first-order chi connectivity index (χ1) is 14.2. The van der Waals surface area contributed by atoms with Crippen LogP contribution in [0.15, 0.2) is 0 Å². The van der Waals surface area contributed by atoms with E-state index in [9.17, 15) is 34.8 Å². The lowest BCUT2D eigenvalue weighted by molar-refractivity contribution is -0.140. The molecule has 1 fully saturated rings. The number of aliphatic carboxylic acids is 3. The van der Waals surface area contributed by atoms with E-state index in [1.165, 1.54) is 0 Å². The van der Waals surface area contributed by atoms with E-state index >= 15 is 0 Å². The van der Waals surface area contributed by atoms with Crippen molar-refractivity contribution in [3.63, 3.8) is 0 Å². The predicted molar refractivity (Wildman–Crippen MR) is 106 cm³/mol. The molecule has 0 saturated carbocycles. The predicted octanol–water partition coefficient (Wildman–Crippen LogP) is -2.79. The van der Waals surface area contributed by atoms with Gasteiger partial charge in [-0.25, -0.2) is 0 Å². The highest BCUT2D eigenvalue weighted by molar-refractivity contribution is 5.69. The molecule has 1 aliphatic rings. The zero-order valence-electron chi connectivity index (χ0n) is 17.2. The molecule has 5 N–H and O–H groups in total. The molecule has 1 atom stereocenters. The molecule has 0 bridgehead atoms. The third-order valence-corrected chi connectivity index (χ3v) is 5.14. The van der Waals surface area contributed by atoms with Crippen LogP contribution in [-0.4, -0.2) is 154 Å². The van der Waals surface area contributed by atoms with Crippen LogP contribution in [-0.2, 0) is 14.4 Å². The molecule has 174 valence electrons. The maximum Gasteiger partial charge on any atom is 0.317 e. The fourth-order valence-corrected chi connectivity index (χ4v) is 3.50. The van der Waals surface area contributed by atoms with Crippen LogP contribution in [0.4, 0.5) is 0 Å². The van der Waals surface area contributed by atoms with Gasteiger partial charge in [0.2, 0.25) is 0 Å². The van der Waals surface area contributed by atoms with Gasteiger partial charge in [-0.05, 0) is 6.42 Å². The third-order valence-electron chi connectivity index (χ3n) is 5.14. The summed E-state index contributed by atoms with van der Waals surface area (Å²) in [5.41, 5.74) is 0. The molecule has 1 aliphatic heterocycles. The monoisotopic (exact) mass is 434 g/mol. The first-order valence-electron chi connectivity index (χ1n) is 10.0. The number of carboxylic acid groups (broad SMARTS) is 3. The van der Waals surface area contributed by atoms with Gasteiger partial charge in [0, 0.05) is 65.0 Å². The van der Waals surface area contributed by atoms with Crippen LogP contribution < -0.4 is 0 Å². The van der Waals surface area contributed by atoms with E-state index in [-0.39, 0.29) is 38.9 Å². The van der Waals surface area contributed by atoms with Crippen LogP contribution in [0, 0.1) is 0 Å². The van der Waals surface area contributed by atoms with E-state index in [0.29, 0.717) is 58.8 Å². The molecule has 1 rings (SSSR count). The Bertz CT molecular complexity index is 518.